The fourth-order valence-electron chi connectivity index (χ4n) is 3.56. The minimum absolute atomic E-state index is 0.0944. The Hall–Kier alpha value is -3.64. The highest BCUT2D eigenvalue weighted by molar-refractivity contribution is 6.31. The van der Waals surface area contributed by atoms with Gasteiger partial charge in [0, 0.05) is 41.7 Å². The van der Waals surface area contributed by atoms with Crippen LogP contribution in [0.3, 0.4) is 0 Å². The normalized spacial score (nSPS) is 15.5. The summed E-state index contributed by atoms with van der Waals surface area (Å²) in [5, 5.41) is 7.40. The van der Waals surface area contributed by atoms with Crippen LogP contribution in [-0.2, 0) is 9.53 Å². The monoisotopic (exact) mass is 491 g/mol. The van der Waals surface area contributed by atoms with E-state index in [9.17, 15) is 4.79 Å². The molecule has 1 aromatic heterocycles. The van der Waals surface area contributed by atoms with Crippen LogP contribution in [0.2, 0.25) is 5.02 Å². The number of amides is 1. The highest BCUT2D eigenvalue weighted by atomic mass is 35.5. The maximum Gasteiger partial charge on any atom is 0.248 e. The number of aromatic nitrogens is 2. The second kappa shape index (κ2) is 11.2. The summed E-state index contributed by atoms with van der Waals surface area (Å²) in [6.45, 7) is 1.79. The molecule has 1 aliphatic heterocycles. The molecule has 3 aromatic rings. The number of fused-ring (bicyclic) bond motifs is 1. The lowest BCUT2D eigenvalue weighted by atomic mass is 10.1. The Morgan fingerprint density at radius 2 is 2.20 bits per heavy atom. The van der Waals surface area contributed by atoms with Crippen molar-refractivity contribution in [3.8, 4) is 18.1 Å². The lowest BCUT2D eigenvalue weighted by Crippen LogP contribution is -2.18. The number of nitrogens with one attached hydrogen (secondary N) is 2. The third kappa shape index (κ3) is 6.28. The number of carbonyl (C=O) groups is 1. The van der Waals surface area contributed by atoms with Gasteiger partial charge >= 0.3 is 0 Å². The molecule has 0 spiro atoms. The Labute approximate surface area is 209 Å². The molecule has 180 valence electrons. The molecule has 2 aromatic carbocycles. The molecule has 1 atom stereocenters. The second-order valence-electron chi connectivity index (χ2n) is 8.31. The molecule has 1 saturated heterocycles. The zero-order valence-corrected chi connectivity index (χ0v) is 20.3. The maximum atomic E-state index is 12.6. The molecule has 0 saturated carbocycles. The van der Waals surface area contributed by atoms with E-state index in [-0.39, 0.29) is 12.0 Å². The number of rotatable bonds is 8. The van der Waals surface area contributed by atoms with Crippen molar-refractivity contribution in [2.45, 2.75) is 12.5 Å². The minimum atomic E-state index is -0.263. The summed E-state index contributed by atoms with van der Waals surface area (Å²) >= 11 is 6.14. The first-order valence-corrected chi connectivity index (χ1v) is 11.5. The molecule has 0 radical (unpaired) electrons. The number of carbonyl (C=O) groups excluding carboxylic acids is 1. The van der Waals surface area contributed by atoms with E-state index >= 15 is 0 Å². The van der Waals surface area contributed by atoms with Crippen LogP contribution in [0.5, 0.6) is 5.75 Å². The van der Waals surface area contributed by atoms with E-state index in [2.05, 4.69) is 26.5 Å². The van der Waals surface area contributed by atoms with Gasteiger partial charge in [0.1, 0.15) is 24.0 Å². The summed E-state index contributed by atoms with van der Waals surface area (Å²) in [4.78, 5) is 23.4. The highest BCUT2D eigenvalue weighted by Crippen LogP contribution is 2.35. The van der Waals surface area contributed by atoms with Gasteiger partial charge in [-0.15, -0.1) is 6.42 Å². The van der Waals surface area contributed by atoms with Crippen LogP contribution >= 0.6 is 11.6 Å². The van der Waals surface area contributed by atoms with Gasteiger partial charge in [-0.3, -0.25) is 4.79 Å². The van der Waals surface area contributed by atoms with Gasteiger partial charge < -0.3 is 25.0 Å². The van der Waals surface area contributed by atoms with Crippen LogP contribution in [0.4, 0.5) is 17.2 Å². The predicted molar refractivity (Wildman–Crippen MR) is 138 cm³/mol. The molecule has 4 rings (SSSR count). The van der Waals surface area contributed by atoms with Crippen molar-refractivity contribution in [2.75, 3.05) is 44.5 Å². The number of hydrogen-bond donors (Lipinski definition) is 2. The number of ether oxygens (including phenoxy) is 2. The Morgan fingerprint density at radius 3 is 2.94 bits per heavy atom. The topological polar surface area (TPSA) is 88.6 Å². The van der Waals surface area contributed by atoms with Crippen molar-refractivity contribution in [3.05, 3.63) is 59.4 Å². The van der Waals surface area contributed by atoms with Crippen molar-refractivity contribution < 1.29 is 14.3 Å². The quantitative estimate of drug-likeness (QED) is 0.360. The Balaban J connectivity index is 1.69. The van der Waals surface area contributed by atoms with E-state index in [4.69, 9.17) is 27.5 Å². The number of hydrogen-bond acceptors (Lipinski definition) is 7. The maximum absolute atomic E-state index is 12.6. The second-order valence-corrected chi connectivity index (χ2v) is 8.72. The van der Waals surface area contributed by atoms with Crippen LogP contribution < -0.4 is 15.4 Å². The van der Waals surface area contributed by atoms with Gasteiger partial charge in [-0.25, -0.2) is 9.97 Å². The van der Waals surface area contributed by atoms with Crippen LogP contribution in [0.1, 0.15) is 12.0 Å². The first-order chi connectivity index (χ1) is 16.9. The SMILES string of the molecule is C#Cc1cc(Nc2ncnc3cc(OC4CCOC4)c(NC(=O)/C=C/CN(C)C)cc23)ccc1Cl. The first-order valence-electron chi connectivity index (χ1n) is 11.1. The molecule has 8 nitrogen and oxygen atoms in total. The Bertz CT molecular complexity index is 1300. The third-order valence-corrected chi connectivity index (χ3v) is 5.63. The van der Waals surface area contributed by atoms with E-state index in [1.54, 1.807) is 30.3 Å². The molecule has 35 heavy (non-hydrogen) atoms. The number of anilines is 3. The number of benzene rings is 2. The Kier molecular flexibility index (Phi) is 7.83. The number of terminal acetylenes is 1. The summed E-state index contributed by atoms with van der Waals surface area (Å²) in [7, 11) is 3.87. The summed E-state index contributed by atoms with van der Waals surface area (Å²) in [6.07, 6.45) is 11.0. The summed E-state index contributed by atoms with van der Waals surface area (Å²) in [6, 6.07) is 8.91. The summed E-state index contributed by atoms with van der Waals surface area (Å²) in [5.41, 5.74) is 2.47. The van der Waals surface area contributed by atoms with E-state index in [1.807, 2.05) is 25.1 Å². The zero-order valence-electron chi connectivity index (χ0n) is 19.5. The van der Waals surface area contributed by atoms with Crippen molar-refractivity contribution in [1.82, 2.24) is 14.9 Å². The molecule has 1 unspecified atom stereocenters. The molecular weight excluding hydrogens is 466 g/mol. The first kappa shape index (κ1) is 24.5. The number of nitrogens with zero attached hydrogens (tertiary/aromatic N) is 3. The van der Waals surface area contributed by atoms with Gasteiger partial charge in [0.05, 0.1) is 29.4 Å². The molecule has 1 amide bonds. The summed E-state index contributed by atoms with van der Waals surface area (Å²) < 4.78 is 11.6. The average molecular weight is 492 g/mol. The summed E-state index contributed by atoms with van der Waals surface area (Å²) in [5.74, 6) is 3.38. The van der Waals surface area contributed by atoms with Gasteiger partial charge in [0.15, 0.2) is 0 Å². The highest BCUT2D eigenvalue weighted by Gasteiger charge is 2.20. The fourth-order valence-corrected chi connectivity index (χ4v) is 3.73. The van der Waals surface area contributed by atoms with Crippen molar-refractivity contribution >= 4 is 45.6 Å². The molecule has 0 aliphatic carbocycles. The fraction of sp³-hybridized carbons (Fsp3) is 0.269. The van der Waals surface area contributed by atoms with Crippen molar-refractivity contribution in [3.63, 3.8) is 0 Å². The predicted octanol–water partition coefficient (Wildman–Crippen LogP) is 4.23. The molecule has 0 bridgehead atoms. The molecule has 1 aliphatic rings. The molecule has 2 heterocycles. The van der Waals surface area contributed by atoms with Crippen molar-refractivity contribution in [2.24, 2.45) is 0 Å². The van der Waals surface area contributed by atoms with Gasteiger partial charge in [-0.1, -0.05) is 23.6 Å². The molecule has 9 heteroatoms. The minimum Gasteiger partial charge on any atom is -0.486 e. The van der Waals surface area contributed by atoms with Crippen LogP contribution in [-0.4, -0.2) is 60.7 Å². The van der Waals surface area contributed by atoms with Gasteiger partial charge in [0.25, 0.3) is 0 Å². The lowest BCUT2D eigenvalue weighted by Gasteiger charge is -2.17. The van der Waals surface area contributed by atoms with Gasteiger partial charge in [-0.2, -0.15) is 0 Å². The lowest BCUT2D eigenvalue weighted by molar-refractivity contribution is -0.111. The molecule has 2 N–H and O–H groups in total. The molecule has 1 fully saturated rings. The van der Waals surface area contributed by atoms with E-state index in [0.717, 1.165) is 12.1 Å². The van der Waals surface area contributed by atoms with Gasteiger partial charge in [0.2, 0.25) is 5.91 Å². The van der Waals surface area contributed by atoms with Crippen LogP contribution in [0.25, 0.3) is 10.9 Å². The van der Waals surface area contributed by atoms with Crippen molar-refractivity contribution in [1.29, 1.82) is 0 Å². The third-order valence-electron chi connectivity index (χ3n) is 5.30. The smallest absolute Gasteiger partial charge is 0.248 e. The number of likely N-dealkylation sites (N-methyl/N-ethyl adjacent to an activating group) is 1. The van der Waals surface area contributed by atoms with E-state index in [0.29, 0.717) is 58.5 Å². The van der Waals surface area contributed by atoms with Crippen LogP contribution in [0.15, 0.2) is 48.8 Å². The van der Waals surface area contributed by atoms with E-state index in [1.165, 1.54) is 12.4 Å². The van der Waals surface area contributed by atoms with E-state index < -0.39 is 0 Å². The molecular formula is C26H26ClN5O3. The average Bonchev–Trinajstić information content (AvgIpc) is 3.34. The standard InChI is InChI=1S/C26H26ClN5O3/c1-4-17-12-18(7-8-21(17)27)30-26-20-13-23(31-25(33)6-5-10-32(2)3)24(14-22(20)28-16-29-26)35-19-9-11-34-15-19/h1,5-8,12-14,16,19H,9-11,15H2,2-3H3,(H,31,33)(H,28,29,30)/b6-5+. The number of halogens is 1. The zero-order chi connectivity index (χ0) is 24.8. The Morgan fingerprint density at radius 1 is 1.34 bits per heavy atom. The van der Waals surface area contributed by atoms with Crippen LogP contribution in [0, 0.1) is 12.3 Å². The van der Waals surface area contributed by atoms with Gasteiger partial charge in [-0.05, 0) is 38.4 Å². The largest absolute Gasteiger partial charge is 0.486 e.